The first-order valence-electron chi connectivity index (χ1n) is 9.66. The summed E-state index contributed by atoms with van der Waals surface area (Å²) in [5.41, 5.74) is 4.69. The van der Waals surface area contributed by atoms with Crippen LogP contribution in [0.5, 0.6) is 0 Å². The Labute approximate surface area is 177 Å². The lowest BCUT2D eigenvalue weighted by atomic mass is 10.0. The zero-order valence-corrected chi connectivity index (χ0v) is 17.5. The predicted molar refractivity (Wildman–Crippen MR) is 114 cm³/mol. The van der Waals surface area contributed by atoms with Gasteiger partial charge in [0, 0.05) is 41.0 Å². The van der Waals surface area contributed by atoms with Crippen LogP contribution < -0.4 is 10.2 Å². The van der Waals surface area contributed by atoms with E-state index < -0.39 is 23.4 Å². The third-order valence-corrected chi connectivity index (χ3v) is 6.42. The van der Waals surface area contributed by atoms with Crippen molar-refractivity contribution in [3.05, 3.63) is 80.3 Å². The number of hydrogen-bond acceptors (Lipinski definition) is 3. The van der Waals surface area contributed by atoms with Gasteiger partial charge in [0.15, 0.2) is 11.6 Å². The quantitative estimate of drug-likeness (QED) is 0.553. The number of carbonyl (C=O) groups excluding carboxylic acids is 1. The fourth-order valence-electron chi connectivity index (χ4n) is 3.85. The minimum Gasteiger partial charge on any atom is -0.367 e. The molecule has 4 rings (SSSR count). The fourth-order valence-corrected chi connectivity index (χ4v) is 4.73. The van der Waals surface area contributed by atoms with Crippen molar-refractivity contribution < 1.29 is 18.0 Å². The highest BCUT2D eigenvalue weighted by Crippen LogP contribution is 2.32. The SMILES string of the molecule is Cc1cc(N2CCc3sccc3C2)cc(C)c1NC(=O)Cc1cc(F)c(F)cc1F. The molecule has 0 atom stereocenters. The zero-order valence-electron chi connectivity index (χ0n) is 16.7. The molecule has 0 radical (unpaired) electrons. The molecule has 1 aliphatic heterocycles. The van der Waals surface area contributed by atoms with Crippen molar-refractivity contribution in [2.45, 2.75) is 33.2 Å². The van der Waals surface area contributed by atoms with Gasteiger partial charge in [0.2, 0.25) is 5.91 Å². The lowest BCUT2D eigenvalue weighted by Crippen LogP contribution is -2.29. The van der Waals surface area contributed by atoms with E-state index in [0.29, 0.717) is 11.8 Å². The standard InChI is InChI=1S/C23H21F3N2OS/c1-13-7-17(28-5-3-21-15(12-28)4-6-30-21)8-14(2)23(13)27-22(29)10-16-9-19(25)20(26)11-18(16)24/h4,6-9,11H,3,5,10,12H2,1-2H3,(H,27,29). The summed E-state index contributed by atoms with van der Waals surface area (Å²) in [6.45, 7) is 5.61. The summed E-state index contributed by atoms with van der Waals surface area (Å²) >= 11 is 1.80. The molecule has 1 aromatic heterocycles. The molecule has 3 nitrogen and oxygen atoms in total. The van der Waals surface area contributed by atoms with E-state index in [1.165, 1.54) is 10.4 Å². The van der Waals surface area contributed by atoms with Crippen LogP contribution in [0, 0.1) is 31.3 Å². The highest BCUT2D eigenvalue weighted by molar-refractivity contribution is 7.10. The molecule has 30 heavy (non-hydrogen) atoms. The highest BCUT2D eigenvalue weighted by atomic mass is 32.1. The lowest BCUT2D eigenvalue weighted by molar-refractivity contribution is -0.115. The van der Waals surface area contributed by atoms with Crippen LogP contribution in [0.1, 0.15) is 27.1 Å². The molecule has 1 N–H and O–H groups in total. The molecule has 0 saturated carbocycles. The maximum atomic E-state index is 13.8. The monoisotopic (exact) mass is 430 g/mol. The van der Waals surface area contributed by atoms with Crippen molar-refractivity contribution in [3.8, 4) is 0 Å². The second-order valence-electron chi connectivity index (χ2n) is 7.58. The first-order chi connectivity index (χ1) is 14.3. The van der Waals surface area contributed by atoms with E-state index in [1.807, 2.05) is 26.0 Å². The van der Waals surface area contributed by atoms with Crippen molar-refractivity contribution in [2.75, 3.05) is 16.8 Å². The number of benzene rings is 2. The number of anilines is 2. The number of thiophene rings is 1. The van der Waals surface area contributed by atoms with E-state index in [4.69, 9.17) is 0 Å². The van der Waals surface area contributed by atoms with Gasteiger partial charge < -0.3 is 10.2 Å². The van der Waals surface area contributed by atoms with Crippen LogP contribution in [0.4, 0.5) is 24.5 Å². The minimum atomic E-state index is -1.27. The van der Waals surface area contributed by atoms with Crippen LogP contribution in [0.15, 0.2) is 35.7 Å². The highest BCUT2D eigenvalue weighted by Gasteiger charge is 2.20. The smallest absolute Gasteiger partial charge is 0.228 e. The first-order valence-corrected chi connectivity index (χ1v) is 10.5. The number of rotatable bonds is 4. The third-order valence-electron chi connectivity index (χ3n) is 5.40. The molecule has 0 unspecified atom stereocenters. The second-order valence-corrected chi connectivity index (χ2v) is 8.58. The molecule has 156 valence electrons. The Kier molecular flexibility index (Phi) is 5.56. The topological polar surface area (TPSA) is 32.3 Å². The second kappa shape index (κ2) is 8.14. The molecule has 2 aromatic carbocycles. The molecule has 1 aliphatic rings. The number of aryl methyl sites for hydroxylation is 2. The summed E-state index contributed by atoms with van der Waals surface area (Å²) in [5.74, 6) is -3.87. The summed E-state index contributed by atoms with van der Waals surface area (Å²) in [7, 11) is 0. The number of fused-ring (bicyclic) bond motifs is 1. The van der Waals surface area contributed by atoms with Crippen molar-refractivity contribution in [2.24, 2.45) is 0 Å². The number of halogens is 3. The molecule has 0 aliphatic carbocycles. The molecule has 0 fully saturated rings. The maximum Gasteiger partial charge on any atom is 0.228 e. The molecular formula is C23H21F3N2OS. The molecule has 0 spiro atoms. The fraction of sp³-hybridized carbons (Fsp3) is 0.261. The van der Waals surface area contributed by atoms with Crippen LogP contribution in [0.3, 0.4) is 0 Å². The van der Waals surface area contributed by atoms with E-state index in [0.717, 1.165) is 42.4 Å². The number of nitrogens with one attached hydrogen (secondary N) is 1. The number of amides is 1. The van der Waals surface area contributed by atoms with Crippen molar-refractivity contribution in [3.63, 3.8) is 0 Å². The largest absolute Gasteiger partial charge is 0.367 e. The summed E-state index contributed by atoms with van der Waals surface area (Å²) < 4.78 is 40.3. The van der Waals surface area contributed by atoms with Gasteiger partial charge in [-0.2, -0.15) is 0 Å². The van der Waals surface area contributed by atoms with Gasteiger partial charge in [-0.05, 0) is 66.6 Å². The minimum absolute atomic E-state index is 0.182. The molecule has 1 amide bonds. The van der Waals surface area contributed by atoms with Gasteiger partial charge in [-0.15, -0.1) is 11.3 Å². The van der Waals surface area contributed by atoms with Crippen LogP contribution in [0.2, 0.25) is 0 Å². The lowest BCUT2D eigenvalue weighted by Gasteiger charge is -2.30. The Morgan fingerprint density at radius 3 is 2.50 bits per heavy atom. The molecular weight excluding hydrogens is 409 g/mol. The Balaban J connectivity index is 1.50. The van der Waals surface area contributed by atoms with Gasteiger partial charge in [-0.1, -0.05) is 0 Å². The van der Waals surface area contributed by atoms with Crippen molar-refractivity contribution >= 4 is 28.6 Å². The molecule has 3 aromatic rings. The van der Waals surface area contributed by atoms with E-state index in [2.05, 4.69) is 21.7 Å². The van der Waals surface area contributed by atoms with Gasteiger partial charge >= 0.3 is 0 Å². The van der Waals surface area contributed by atoms with Gasteiger partial charge in [-0.25, -0.2) is 13.2 Å². The maximum absolute atomic E-state index is 13.8. The summed E-state index contributed by atoms with van der Waals surface area (Å²) in [4.78, 5) is 16.2. The van der Waals surface area contributed by atoms with Gasteiger partial charge in [0.05, 0.1) is 6.42 Å². The van der Waals surface area contributed by atoms with Crippen molar-refractivity contribution in [1.29, 1.82) is 0 Å². The third kappa shape index (κ3) is 4.07. The van der Waals surface area contributed by atoms with Gasteiger partial charge in [0.1, 0.15) is 5.82 Å². The molecule has 0 saturated heterocycles. The van der Waals surface area contributed by atoms with Crippen LogP contribution in [-0.4, -0.2) is 12.5 Å². The average molecular weight is 430 g/mol. The molecule has 2 heterocycles. The van der Waals surface area contributed by atoms with E-state index >= 15 is 0 Å². The van der Waals surface area contributed by atoms with Gasteiger partial charge in [0.25, 0.3) is 0 Å². The zero-order chi connectivity index (χ0) is 21.4. The normalized spacial score (nSPS) is 13.3. The summed E-state index contributed by atoms with van der Waals surface area (Å²) in [5, 5.41) is 4.92. The van der Waals surface area contributed by atoms with Crippen molar-refractivity contribution in [1.82, 2.24) is 0 Å². The molecule has 7 heteroatoms. The van der Waals surface area contributed by atoms with Crippen LogP contribution in [0.25, 0.3) is 0 Å². The number of hydrogen-bond donors (Lipinski definition) is 1. The van der Waals surface area contributed by atoms with Crippen LogP contribution in [-0.2, 0) is 24.2 Å². The Hall–Kier alpha value is -2.80. The Morgan fingerprint density at radius 1 is 1.07 bits per heavy atom. The van der Waals surface area contributed by atoms with Crippen LogP contribution >= 0.6 is 11.3 Å². The average Bonchev–Trinajstić information content (AvgIpc) is 3.16. The predicted octanol–water partition coefficient (Wildman–Crippen LogP) is 5.53. The number of carbonyl (C=O) groups is 1. The van der Waals surface area contributed by atoms with E-state index in [1.54, 1.807) is 11.3 Å². The Morgan fingerprint density at radius 2 is 1.77 bits per heavy atom. The number of nitrogens with zero attached hydrogens (tertiary/aromatic N) is 1. The molecule has 0 bridgehead atoms. The van der Waals surface area contributed by atoms with E-state index in [9.17, 15) is 18.0 Å². The van der Waals surface area contributed by atoms with Gasteiger partial charge in [-0.3, -0.25) is 4.79 Å². The van der Waals surface area contributed by atoms with E-state index in [-0.39, 0.29) is 12.0 Å². The summed E-state index contributed by atoms with van der Waals surface area (Å²) in [6.07, 6.45) is 0.639. The summed E-state index contributed by atoms with van der Waals surface area (Å²) in [6, 6.07) is 7.40. The first kappa shape index (κ1) is 20.5. The Bertz CT molecular complexity index is 1100.